The largest absolute Gasteiger partial charge is 2.00 e. The molecule has 9 heteroatoms. The molecule has 0 radical (unpaired) electrons. The van der Waals surface area contributed by atoms with E-state index in [1.807, 2.05) is 12.1 Å². The molecule has 0 heterocycles. The number of benzene rings is 2. The maximum Gasteiger partial charge on any atom is 2.00 e. The zero-order valence-corrected chi connectivity index (χ0v) is 68.0. The van der Waals surface area contributed by atoms with Gasteiger partial charge < -0.3 is 9.11 Å². The van der Waals surface area contributed by atoms with Crippen molar-refractivity contribution in [2.45, 2.75) is 499 Å². The average molecular weight is 1400 g/mol. The minimum absolute atomic E-state index is 0. The van der Waals surface area contributed by atoms with Gasteiger partial charge in [0.05, 0.1) is 9.79 Å². The molecule has 0 saturated heterocycles. The Kier molecular flexibility index (Phi) is 75.4. The molecule has 0 N–H and O–H groups in total. The molecule has 564 valence electrons. The Hall–Kier alpha value is -0.974. The van der Waals surface area contributed by atoms with E-state index >= 15 is 0 Å². The normalized spacial score (nSPS) is 11.8. The van der Waals surface area contributed by atoms with Gasteiger partial charge in [0, 0.05) is 0 Å². The van der Waals surface area contributed by atoms with Crippen LogP contribution in [-0.2, 0) is 33.1 Å². The molecule has 97 heavy (non-hydrogen) atoms. The summed E-state index contributed by atoms with van der Waals surface area (Å²) in [6, 6.07) is 13.3. The predicted octanol–water partition coefficient (Wildman–Crippen LogP) is 30.0. The second-order valence-electron chi connectivity index (χ2n) is 30.4. The van der Waals surface area contributed by atoms with E-state index < -0.39 is 20.2 Å². The van der Waals surface area contributed by atoms with Crippen LogP contribution in [0.1, 0.15) is 487 Å². The average Bonchev–Trinajstić information content (AvgIpc) is 1.56. The third kappa shape index (κ3) is 69.2. The Labute approximate surface area is 623 Å². The summed E-state index contributed by atoms with van der Waals surface area (Å²) in [5.74, 6) is 0. The Balaban J connectivity index is 0.00000188. The first-order chi connectivity index (χ1) is 47.1. The molecule has 0 bridgehead atoms. The molecule has 2 aromatic rings. The van der Waals surface area contributed by atoms with Crippen LogP contribution in [0, 0.1) is 0 Å². The van der Waals surface area contributed by atoms with Crippen molar-refractivity contribution >= 4 is 43.3 Å². The van der Waals surface area contributed by atoms with Crippen LogP contribution in [-0.4, -0.2) is 49.0 Å². The molecule has 2 aromatic carbocycles. The predicted molar refractivity (Wildman–Crippen MR) is 426 cm³/mol. The van der Waals surface area contributed by atoms with Gasteiger partial charge in [-0.1, -0.05) is 500 Å². The smallest absolute Gasteiger partial charge is 0.744 e. The van der Waals surface area contributed by atoms with Gasteiger partial charge in [0.1, 0.15) is 20.2 Å². The zero-order chi connectivity index (χ0) is 69.3. The van der Waals surface area contributed by atoms with E-state index in [1.54, 1.807) is 24.3 Å². The fourth-order valence-electron chi connectivity index (χ4n) is 14.7. The molecule has 0 unspecified atom stereocenters. The number of unbranched alkanes of at least 4 members (excludes halogenated alkanes) is 70. The molecule has 0 aromatic heterocycles. The third-order valence-corrected chi connectivity index (χ3v) is 23.0. The topological polar surface area (TPSA) is 114 Å². The molecule has 2 rings (SSSR count). The summed E-state index contributed by atoms with van der Waals surface area (Å²) in [6.07, 6.45) is 103. The van der Waals surface area contributed by atoms with E-state index in [-0.39, 0.29) is 32.8 Å². The third-order valence-electron chi connectivity index (χ3n) is 21.1. The monoisotopic (exact) mass is 1400 g/mol. The summed E-state index contributed by atoms with van der Waals surface area (Å²) in [5.41, 5.74) is 1.35. The van der Waals surface area contributed by atoms with Crippen LogP contribution in [0.2, 0.25) is 0 Å². The van der Waals surface area contributed by atoms with Crippen LogP contribution in [0.3, 0.4) is 0 Å². The fraction of sp³-hybridized carbons (Fsp3) is 0.864. The first-order valence-corrected chi connectivity index (χ1v) is 46.0. The minimum atomic E-state index is -4.37. The molecule has 0 aliphatic carbocycles. The van der Waals surface area contributed by atoms with E-state index in [9.17, 15) is 25.9 Å². The molecule has 0 amide bonds. The molecular weight excluding hydrogens is 1240 g/mol. The maximum atomic E-state index is 11.4. The minimum Gasteiger partial charge on any atom is -0.744 e. The number of hydrogen-bond acceptors (Lipinski definition) is 6. The summed E-state index contributed by atoms with van der Waals surface area (Å²) in [6.45, 7) is 4.60. The quantitative estimate of drug-likeness (QED) is 0.0370. The first kappa shape index (κ1) is 96.0. The van der Waals surface area contributed by atoms with E-state index in [0.29, 0.717) is 24.0 Å². The van der Waals surface area contributed by atoms with Crippen LogP contribution in [0.15, 0.2) is 58.3 Å². The Bertz CT molecular complexity index is 1950. The van der Waals surface area contributed by atoms with Gasteiger partial charge in [-0.05, 0) is 48.9 Å². The summed E-state index contributed by atoms with van der Waals surface area (Å²) in [5, 5.41) is 0. The molecule has 0 fully saturated rings. The first-order valence-electron chi connectivity index (χ1n) is 43.2. The molecule has 0 aliphatic rings. The Morgan fingerprint density at radius 2 is 0.309 bits per heavy atom. The summed E-state index contributed by atoms with van der Waals surface area (Å²) >= 11 is 0. The number of hydrogen-bond donors (Lipinski definition) is 0. The van der Waals surface area contributed by atoms with Gasteiger partial charge in [-0.15, -0.1) is 0 Å². The zero-order valence-electron chi connectivity index (χ0n) is 64.9. The van der Waals surface area contributed by atoms with Crippen molar-refractivity contribution in [2.75, 3.05) is 0 Å². The maximum absolute atomic E-state index is 11.4. The van der Waals surface area contributed by atoms with Crippen molar-refractivity contribution in [1.29, 1.82) is 0 Å². The van der Waals surface area contributed by atoms with E-state index in [1.165, 1.54) is 449 Å². The second-order valence-corrected chi connectivity index (χ2v) is 33.1. The van der Waals surface area contributed by atoms with Crippen LogP contribution in [0.4, 0.5) is 0 Å². The van der Waals surface area contributed by atoms with Gasteiger partial charge >= 0.3 is 23.1 Å². The van der Waals surface area contributed by atoms with Crippen LogP contribution in [0.5, 0.6) is 0 Å². The standard InChI is InChI=1S/2C44H82O3S.Mg/c2*1-2-3-4-5-6-7-8-9-10-11-12-13-14-15-16-17-18-19-20-21-22-23-24-25-26-27-28-29-30-31-32-33-34-35-36-37-40-43-41-38-39-42-44(43)48(45,46)47;/h2*38-39,41-42H,2-37,40H2,1H3,(H,45,46,47);/q;;+2/p-2. The molecule has 6 nitrogen and oxygen atoms in total. The van der Waals surface area contributed by atoms with Crippen LogP contribution >= 0.6 is 0 Å². The SMILES string of the molecule is CCCCCCCCCCCCCCCCCCCCCCCCCCCCCCCCCCCCCCc1ccccc1S(=O)(=O)[O-].CCCCCCCCCCCCCCCCCCCCCCCCCCCCCCCCCCCCCCc1ccccc1S(=O)(=O)[O-].[Mg+2]. The summed E-state index contributed by atoms with van der Waals surface area (Å²) in [4.78, 5) is -0.0809. The van der Waals surface area contributed by atoms with E-state index in [2.05, 4.69) is 13.8 Å². The van der Waals surface area contributed by atoms with Gasteiger partial charge in [-0.2, -0.15) is 0 Å². The molecule has 0 atom stereocenters. The van der Waals surface area contributed by atoms with Crippen molar-refractivity contribution in [1.82, 2.24) is 0 Å². The Morgan fingerprint density at radius 3 is 0.433 bits per heavy atom. The van der Waals surface area contributed by atoms with E-state index in [0.717, 1.165) is 25.7 Å². The van der Waals surface area contributed by atoms with Crippen LogP contribution < -0.4 is 0 Å². The van der Waals surface area contributed by atoms with Crippen molar-refractivity contribution in [3.05, 3.63) is 59.7 Å². The summed E-state index contributed by atoms with van der Waals surface area (Å²) < 4.78 is 68.3. The second kappa shape index (κ2) is 76.2. The van der Waals surface area contributed by atoms with E-state index in [4.69, 9.17) is 0 Å². The van der Waals surface area contributed by atoms with Crippen LogP contribution in [0.25, 0.3) is 0 Å². The van der Waals surface area contributed by atoms with Gasteiger partial charge in [0.2, 0.25) is 0 Å². The molecule has 0 aliphatic heterocycles. The van der Waals surface area contributed by atoms with Gasteiger partial charge in [0.25, 0.3) is 0 Å². The molecule has 0 saturated carbocycles. The number of aryl methyl sites for hydroxylation is 2. The fourth-order valence-corrected chi connectivity index (χ4v) is 16.2. The van der Waals surface area contributed by atoms with Crippen molar-refractivity contribution < 1.29 is 25.9 Å². The molecular formula is C88H162MgO6S2. The van der Waals surface area contributed by atoms with Crippen molar-refractivity contribution in [3.8, 4) is 0 Å². The van der Waals surface area contributed by atoms with Crippen molar-refractivity contribution in [2.24, 2.45) is 0 Å². The summed E-state index contributed by atoms with van der Waals surface area (Å²) in [7, 11) is -8.74. The Morgan fingerprint density at radius 1 is 0.196 bits per heavy atom. The van der Waals surface area contributed by atoms with Gasteiger partial charge in [-0.3, -0.25) is 0 Å². The molecule has 0 spiro atoms. The van der Waals surface area contributed by atoms with Gasteiger partial charge in [-0.25, -0.2) is 16.8 Å². The van der Waals surface area contributed by atoms with Crippen molar-refractivity contribution in [3.63, 3.8) is 0 Å². The van der Waals surface area contributed by atoms with Gasteiger partial charge in [0.15, 0.2) is 0 Å². The number of rotatable bonds is 76.